The number of H-pyrrole nitrogens is 2. The van der Waals surface area contributed by atoms with Crippen LogP contribution in [0.4, 0.5) is 59.5 Å². The van der Waals surface area contributed by atoms with E-state index in [1.54, 1.807) is 0 Å². The van der Waals surface area contributed by atoms with Gasteiger partial charge < -0.3 is 11.5 Å². The van der Waals surface area contributed by atoms with E-state index in [4.69, 9.17) is 17.0 Å². The van der Waals surface area contributed by atoms with Gasteiger partial charge in [-0.3, -0.25) is 10.6 Å². The van der Waals surface area contributed by atoms with Crippen LogP contribution >= 0.6 is 0 Å². The largest absolute Gasteiger partial charge is 0.368 e. The van der Waals surface area contributed by atoms with E-state index in [0.29, 0.717) is 0 Å². The number of nitrogens with one attached hydrogen (secondary N) is 5. The zero-order chi connectivity index (χ0) is 31.9. The molecule has 230 valence electrons. The highest BCUT2D eigenvalue weighted by atomic mass is 15.5. The molecule has 0 bridgehead atoms. The van der Waals surface area contributed by atoms with Gasteiger partial charge >= 0.3 is 0 Å². The first-order chi connectivity index (χ1) is 22.5. The summed E-state index contributed by atoms with van der Waals surface area (Å²) in [5.41, 5.74) is 18.5. The highest BCUT2D eigenvalue weighted by Crippen LogP contribution is 2.15. The molecule has 9 N–H and O–H groups in total. The molecule has 6 aromatic rings. The second-order valence-electron chi connectivity index (χ2n) is 7.66. The van der Waals surface area contributed by atoms with E-state index < -0.39 is 0 Å². The maximum absolute atomic E-state index is 6.93. The maximum Gasteiger partial charge on any atom is 0.292 e. The molecule has 0 aliphatic rings. The van der Waals surface area contributed by atoms with Crippen LogP contribution in [0, 0.1) is 5.53 Å². The predicted molar refractivity (Wildman–Crippen MR) is 142 cm³/mol. The van der Waals surface area contributed by atoms with Gasteiger partial charge in [0.05, 0.1) is 0 Å². The van der Waals surface area contributed by atoms with Crippen molar-refractivity contribution in [3.63, 3.8) is 0 Å². The number of nitrogens with two attached hydrogens (primary N) is 2. The van der Waals surface area contributed by atoms with Crippen LogP contribution < -0.4 is 22.1 Å². The Morgan fingerprint density at radius 3 is 1.67 bits per heavy atom. The first-order valence-electron chi connectivity index (χ1n) is 11.9. The minimum absolute atomic E-state index is 0.00914. The lowest BCUT2D eigenvalue weighted by atomic mass is 10.9. The monoisotopic (exact) mass is 630 g/mol. The summed E-state index contributed by atoms with van der Waals surface area (Å²) in [7, 11) is 1.49. The Kier molecular flexibility index (Phi) is 7.66. The van der Waals surface area contributed by atoms with Gasteiger partial charge in [-0.2, -0.15) is 44.6 Å². The Labute approximate surface area is 249 Å². The molecule has 46 heavy (non-hydrogen) atoms. The van der Waals surface area contributed by atoms with Crippen LogP contribution in [0.25, 0.3) is 11.9 Å². The molecule has 0 aromatic carbocycles. The van der Waals surface area contributed by atoms with Crippen molar-refractivity contribution in [2.45, 2.75) is 0 Å². The van der Waals surface area contributed by atoms with Crippen LogP contribution in [-0.2, 0) is 0 Å². The highest BCUT2D eigenvalue weighted by Gasteiger charge is 2.15. The second-order valence-corrected chi connectivity index (χ2v) is 7.66. The zero-order valence-electron chi connectivity index (χ0n) is 22.5. The Morgan fingerprint density at radius 2 is 1.15 bits per heavy atom. The lowest BCUT2D eigenvalue weighted by Crippen LogP contribution is -2.11. The third kappa shape index (κ3) is 6.42. The number of nitrogens with zero attached hydrogens (tertiary/aromatic N) is 25. The fraction of sp³-hybridized carbons (Fsp3) is 0.143. The molecule has 0 saturated heterocycles. The third-order valence-corrected chi connectivity index (χ3v) is 4.70. The van der Waals surface area contributed by atoms with Gasteiger partial charge in [0.2, 0.25) is 11.9 Å². The van der Waals surface area contributed by atoms with Gasteiger partial charge in [0, 0.05) is 7.05 Å². The Bertz CT molecular complexity index is 2020. The first-order valence-corrected chi connectivity index (χ1v) is 11.9. The summed E-state index contributed by atoms with van der Waals surface area (Å²) in [5, 5.41) is 82.4. The molecule has 0 unspecified atom stereocenters. The average molecular weight is 630 g/mol. The van der Waals surface area contributed by atoms with E-state index in [-0.39, 0.29) is 78.0 Å². The van der Waals surface area contributed by atoms with E-state index in [1.165, 1.54) is 7.05 Å². The van der Waals surface area contributed by atoms with Crippen LogP contribution in [0.15, 0.2) is 35.8 Å². The summed E-state index contributed by atoms with van der Waals surface area (Å²) in [4.78, 5) is 15.7. The Balaban J connectivity index is 0.999. The van der Waals surface area contributed by atoms with Gasteiger partial charge in [-0.05, 0) is 0 Å². The van der Waals surface area contributed by atoms with Crippen molar-refractivity contribution in [1.29, 1.82) is 5.53 Å². The number of hydrogen-bond donors (Lipinski definition) is 7. The summed E-state index contributed by atoms with van der Waals surface area (Å²) in [6.45, 7) is -0.223. The van der Waals surface area contributed by atoms with E-state index in [2.05, 4.69) is 138 Å². The molecule has 0 atom stereocenters. The van der Waals surface area contributed by atoms with Crippen LogP contribution in [0.3, 0.4) is 0 Å². The number of rotatable bonds is 12. The van der Waals surface area contributed by atoms with Crippen molar-refractivity contribution < 1.29 is 0 Å². The molecular formula is C14H14N32. The molecular weight excluding hydrogens is 616 g/mol. The minimum atomic E-state index is -0.223. The molecule has 32 heteroatoms. The summed E-state index contributed by atoms with van der Waals surface area (Å²) in [5.74, 6) is -0.392. The second kappa shape index (κ2) is 12.5. The molecule has 0 aliphatic heterocycles. The molecule has 0 amide bonds. The molecule has 0 spiro atoms. The number of azo groups is 3. The fourth-order valence-electron chi connectivity index (χ4n) is 2.95. The predicted octanol–water partition coefficient (Wildman–Crippen LogP) is -0.903. The summed E-state index contributed by atoms with van der Waals surface area (Å²) in [6.07, 6.45) is 0. The molecule has 0 aliphatic carbocycles. The minimum Gasteiger partial charge on any atom is -0.368 e. The molecule has 0 saturated carbocycles. The quantitative estimate of drug-likeness (QED) is 0.0804. The summed E-state index contributed by atoms with van der Waals surface area (Å²) >= 11 is 0. The summed E-state index contributed by atoms with van der Waals surface area (Å²) < 4.78 is 2.06. The zero-order valence-corrected chi connectivity index (χ0v) is 22.5. The average Bonchev–Trinajstić information content (AvgIpc) is 3.86. The summed E-state index contributed by atoms with van der Waals surface area (Å²) in [6, 6.07) is 0. The van der Waals surface area contributed by atoms with Crippen LogP contribution in [0.2, 0.25) is 0 Å². The Hall–Kier alpha value is -7.96. The van der Waals surface area contributed by atoms with E-state index in [0.717, 1.165) is 9.36 Å². The number of hydrogen-bond acceptors (Lipinski definition) is 28. The smallest absolute Gasteiger partial charge is 0.292 e. The molecule has 6 rings (SSSR count). The van der Waals surface area contributed by atoms with Crippen molar-refractivity contribution in [3.8, 4) is 11.9 Å². The van der Waals surface area contributed by atoms with Crippen LogP contribution in [0.1, 0.15) is 0 Å². The van der Waals surface area contributed by atoms with E-state index >= 15 is 0 Å². The van der Waals surface area contributed by atoms with Gasteiger partial charge in [-0.1, -0.05) is 0 Å². The lowest BCUT2D eigenvalue weighted by Gasteiger charge is -2.00. The fourth-order valence-corrected chi connectivity index (χ4v) is 2.95. The lowest BCUT2D eigenvalue weighted by molar-refractivity contribution is 0.736. The van der Waals surface area contributed by atoms with Gasteiger partial charge in [0.25, 0.3) is 59.5 Å². The van der Waals surface area contributed by atoms with Gasteiger partial charge in [0.1, 0.15) is 0 Å². The van der Waals surface area contributed by atoms with Crippen molar-refractivity contribution in [1.82, 2.24) is 101 Å². The maximum atomic E-state index is 6.93. The highest BCUT2D eigenvalue weighted by molar-refractivity contribution is 5.43. The molecule has 32 nitrogen and oxygen atoms in total. The normalized spacial score (nSPS) is 11.7. The first kappa shape index (κ1) is 28.2. The molecule has 0 radical (unpaired) electrons. The molecule has 6 heterocycles. The van der Waals surface area contributed by atoms with Crippen molar-refractivity contribution in [2.75, 3.05) is 35.8 Å². The van der Waals surface area contributed by atoms with E-state index in [9.17, 15) is 0 Å². The van der Waals surface area contributed by atoms with Crippen LogP contribution in [0.5, 0.6) is 0 Å². The van der Waals surface area contributed by atoms with Gasteiger partial charge in [-0.25, -0.2) is 15.7 Å². The molecule has 0 fully saturated rings. The van der Waals surface area contributed by atoms with Gasteiger partial charge in [0.15, 0.2) is 6.67 Å². The third-order valence-electron chi connectivity index (χ3n) is 4.70. The SMILES string of the molecule is CN=Nc1nc(Nc2nnc(-n3nc(N=NCN=Nc4nc(Nc5nnc(-n6nc(N=N)nc6N)nn5)n[nH]4)nc3N)nn2)n[nH]1. The van der Waals surface area contributed by atoms with Crippen molar-refractivity contribution in [3.05, 3.63) is 0 Å². The standard InChI is InChI=1S/C14H14N32/c1-18-28-8-23-5(31-33-8)25-10-37-41-14(42-38-10)46-4(16)22-12(44-46)30-20-2-19-29-9-24-6(32-34-9)26-11-35-39-13(40-36-11)45-3(15)21-7(27-17)43-45/h17H,2H2,1H3,(H2,15,21,43)(H2,16,22,44)(H2,23,25,31,33,37,38)(H2,24,26,32,34,35,36). The number of aromatic amines is 2. The van der Waals surface area contributed by atoms with Gasteiger partial charge in [-0.15, -0.1) is 81.6 Å². The van der Waals surface area contributed by atoms with Crippen molar-refractivity contribution in [2.24, 2.45) is 35.8 Å². The molecule has 6 aromatic heterocycles. The number of nitrogen functional groups attached to an aromatic ring is 2. The topological polar surface area (TPSA) is 434 Å². The van der Waals surface area contributed by atoms with E-state index in [1.807, 2.05) is 0 Å². The van der Waals surface area contributed by atoms with Crippen LogP contribution in [-0.4, -0.2) is 114 Å². The number of aromatic nitrogens is 20. The Morgan fingerprint density at radius 1 is 0.652 bits per heavy atom. The number of anilines is 6. The van der Waals surface area contributed by atoms with Crippen molar-refractivity contribution >= 4 is 59.5 Å².